The number of hydrogen-bond acceptors (Lipinski definition) is 3. The van der Waals surface area contributed by atoms with Crippen LogP contribution in [-0.2, 0) is 14.4 Å². The highest BCUT2D eigenvalue weighted by atomic mass is 16.4. The van der Waals surface area contributed by atoms with Crippen LogP contribution in [0, 0.1) is 0 Å². The van der Waals surface area contributed by atoms with E-state index >= 15 is 0 Å². The molecule has 102 valence electrons. The number of aliphatic carboxylic acids is 1. The molecule has 1 aliphatic heterocycles. The average Bonchev–Trinajstić information content (AvgIpc) is 2.35. The van der Waals surface area contributed by atoms with Crippen molar-refractivity contribution in [2.75, 3.05) is 13.6 Å². The molecular formula is C12H20N2O4. The Hall–Kier alpha value is -1.59. The molecule has 1 aliphatic rings. The van der Waals surface area contributed by atoms with Gasteiger partial charge in [-0.1, -0.05) is 0 Å². The van der Waals surface area contributed by atoms with Gasteiger partial charge in [0.15, 0.2) is 0 Å². The fourth-order valence-electron chi connectivity index (χ4n) is 2.16. The van der Waals surface area contributed by atoms with E-state index in [4.69, 9.17) is 5.11 Å². The fraction of sp³-hybridized carbons (Fsp3) is 0.750. The van der Waals surface area contributed by atoms with Gasteiger partial charge in [0.2, 0.25) is 11.8 Å². The first kappa shape index (κ1) is 14.5. The maximum atomic E-state index is 12.2. The quantitative estimate of drug-likeness (QED) is 0.788. The summed E-state index contributed by atoms with van der Waals surface area (Å²) >= 11 is 0. The van der Waals surface area contributed by atoms with Crippen molar-refractivity contribution in [1.82, 2.24) is 9.80 Å². The topological polar surface area (TPSA) is 77.9 Å². The third kappa shape index (κ3) is 3.00. The molecule has 0 aromatic rings. The minimum absolute atomic E-state index is 0.135. The molecule has 6 nitrogen and oxygen atoms in total. The molecule has 1 rings (SSSR count). The van der Waals surface area contributed by atoms with Gasteiger partial charge >= 0.3 is 5.97 Å². The lowest BCUT2D eigenvalue weighted by Crippen LogP contribution is -2.54. The summed E-state index contributed by atoms with van der Waals surface area (Å²) in [4.78, 5) is 37.3. The summed E-state index contributed by atoms with van der Waals surface area (Å²) < 4.78 is 0. The van der Waals surface area contributed by atoms with Gasteiger partial charge in [-0.25, -0.2) is 4.79 Å². The van der Waals surface area contributed by atoms with Crippen molar-refractivity contribution in [3.8, 4) is 0 Å². The van der Waals surface area contributed by atoms with Gasteiger partial charge in [0, 0.05) is 20.5 Å². The van der Waals surface area contributed by atoms with Crippen molar-refractivity contribution in [3.63, 3.8) is 0 Å². The maximum Gasteiger partial charge on any atom is 0.326 e. The van der Waals surface area contributed by atoms with E-state index in [9.17, 15) is 14.4 Å². The van der Waals surface area contributed by atoms with Crippen LogP contribution >= 0.6 is 0 Å². The molecule has 0 radical (unpaired) electrons. The standard InChI is InChI=1S/C12H20N2O4/c1-8(12(17)18)13(3)11(16)10-6-4-5-7-14(10)9(2)15/h8,10H,4-7H2,1-3H3,(H,17,18). The number of nitrogens with zero attached hydrogens (tertiary/aromatic N) is 2. The van der Waals surface area contributed by atoms with E-state index in [1.165, 1.54) is 30.7 Å². The molecule has 0 saturated carbocycles. The Bertz CT molecular complexity index is 356. The van der Waals surface area contributed by atoms with E-state index < -0.39 is 18.1 Å². The molecule has 2 amide bonds. The predicted molar refractivity (Wildman–Crippen MR) is 64.9 cm³/mol. The molecule has 1 fully saturated rings. The number of amides is 2. The highest BCUT2D eigenvalue weighted by molar-refractivity contribution is 5.89. The van der Waals surface area contributed by atoms with Gasteiger partial charge in [-0.3, -0.25) is 9.59 Å². The van der Waals surface area contributed by atoms with Crippen molar-refractivity contribution in [1.29, 1.82) is 0 Å². The smallest absolute Gasteiger partial charge is 0.326 e. The average molecular weight is 256 g/mol. The normalized spacial score (nSPS) is 21.3. The van der Waals surface area contributed by atoms with E-state index in [-0.39, 0.29) is 11.8 Å². The van der Waals surface area contributed by atoms with E-state index in [1.807, 2.05) is 0 Å². The molecule has 1 N–H and O–H groups in total. The number of carbonyl (C=O) groups is 3. The highest BCUT2D eigenvalue weighted by Gasteiger charge is 2.34. The third-order valence-corrected chi connectivity index (χ3v) is 3.48. The van der Waals surface area contributed by atoms with Gasteiger partial charge in [-0.05, 0) is 26.2 Å². The minimum Gasteiger partial charge on any atom is -0.480 e. The first-order chi connectivity index (χ1) is 8.36. The van der Waals surface area contributed by atoms with Crippen LogP contribution in [0.5, 0.6) is 0 Å². The first-order valence-corrected chi connectivity index (χ1v) is 6.13. The molecule has 0 spiro atoms. The largest absolute Gasteiger partial charge is 0.480 e. The molecule has 0 aromatic heterocycles. The molecule has 18 heavy (non-hydrogen) atoms. The van der Waals surface area contributed by atoms with Gasteiger partial charge in [-0.15, -0.1) is 0 Å². The zero-order chi connectivity index (χ0) is 13.9. The third-order valence-electron chi connectivity index (χ3n) is 3.48. The van der Waals surface area contributed by atoms with E-state index in [1.54, 1.807) is 0 Å². The number of likely N-dealkylation sites (N-methyl/N-ethyl adjacent to an activating group) is 1. The number of piperidine rings is 1. The Labute approximate surface area is 107 Å². The van der Waals surface area contributed by atoms with Crippen LogP contribution in [-0.4, -0.2) is 58.4 Å². The van der Waals surface area contributed by atoms with Gasteiger partial charge < -0.3 is 14.9 Å². The Balaban J connectivity index is 2.80. The van der Waals surface area contributed by atoms with Crippen LogP contribution in [0.2, 0.25) is 0 Å². The highest BCUT2D eigenvalue weighted by Crippen LogP contribution is 2.19. The molecule has 2 unspecified atom stereocenters. The van der Waals surface area contributed by atoms with Crippen molar-refractivity contribution >= 4 is 17.8 Å². The predicted octanol–water partition coefficient (Wildman–Crippen LogP) is 0.319. The zero-order valence-corrected chi connectivity index (χ0v) is 11.0. The molecule has 2 atom stereocenters. The number of rotatable bonds is 3. The lowest BCUT2D eigenvalue weighted by Gasteiger charge is -2.37. The summed E-state index contributed by atoms with van der Waals surface area (Å²) in [5.41, 5.74) is 0. The molecular weight excluding hydrogens is 236 g/mol. The molecule has 1 saturated heterocycles. The van der Waals surface area contributed by atoms with E-state index in [0.717, 1.165) is 12.8 Å². The lowest BCUT2D eigenvalue weighted by atomic mass is 10.0. The molecule has 6 heteroatoms. The van der Waals surface area contributed by atoms with E-state index in [0.29, 0.717) is 13.0 Å². The van der Waals surface area contributed by atoms with Crippen molar-refractivity contribution < 1.29 is 19.5 Å². The number of hydrogen-bond donors (Lipinski definition) is 1. The SMILES string of the molecule is CC(=O)N1CCCCC1C(=O)N(C)C(C)C(=O)O. The Morgan fingerprint density at radius 1 is 1.33 bits per heavy atom. The summed E-state index contributed by atoms with van der Waals surface area (Å²) in [5, 5.41) is 8.90. The van der Waals surface area contributed by atoms with E-state index in [2.05, 4.69) is 0 Å². The van der Waals surface area contributed by atoms with Crippen molar-refractivity contribution in [2.24, 2.45) is 0 Å². The lowest BCUT2D eigenvalue weighted by molar-refractivity contribution is -0.153. The maximum absolute atomic E-state index is 12.2. The summed E-state index contributed by atoms with van der Waals surface area (Å²) in [6.45, 7) is 3.47. The number of likely N-dealkylation sites (tertiary alicyclic amines) is 1. The van der Waals surface area contributed by atoms with Crippen LogP contribution in [0.1, 0.15) is 33.1 Å². The van der Waals surface area contributed by atoms with Gasteiger partial charge in [0.05, 0.1) is 0 Å². The molecule has 0 aliphatic carbocycles. The molecule has 1 heterocycles. The first-order valence-electron chi connectivity index (χ1n) is 6.13. The number of carboxylic acids is 1. The van der Waals surface area contributed by atoms with Crippen molar-refractivity contribution in [2.45, 2.75) is 45.2 Å². The van der Waals surface area contributed by atoms with Crippen LogP contribution in [0.4, 0.5) is 0 Å². The Morgan fingerprint density at radius 3 is 2.44 bits per heavy atom. The zero-order valence-electron chi connectivity index (χ0n) is 11.0. The summed E-state index contributed by atoms with van der Waals surface area (Å²) in [6, 6.07) is -1.39. The number of carboxylic acid groups (broad SMARTS) is 1. The molecule has 0 aromatic carbocycles. The Kier molecular flexibility index (Phi) is 4.69. The Morgan fingerprint density at radius 2 is 1.94 bits per heavy atom. The van der Waals surface area contributed by atoms with Crippen LogP contribution in [0.15, 0.2) is 0 Å². The number of carbonyl (C=O) groups excluding carboxylic acids is 2. The van der Waals surface area contributed by atoms with Gasteiger partial charge in [-0.2, -0.15) is 0 Å². The van der Waals surface area contributed by atoms with Crippen LogP contribution < -0.4 is 0 Å². The second-order valence-corrected chi connectivity index (χ2v) is 4.69. The van der Waals surface area contributed by atoms with Crippen LogP contribution in [0.3, 0.4) is 0 Å². The monoisotopic (exact) mass is 256 g/mol. The second-order valence-electron chi connectivity index (χ2n) is 4.69. The summed E-state index contributed by atoms with van der Waals surface area (Å²) in [6.07, 6.45) is 2.38. The van der Waals surface area contributed by atoms with Crippen LogP contribution in [0.25, 0.3) is 0 Å². The van der Waals surface area contributed by atoms with Gasteiger partial charge in [0.1, 0.15) is 12.1 Å². The molecule has 0 bridgehead atoms. The summed E-state index contributed by atoms with van der Waals surface area (Å²) in [5.74, 6) is -1.47. The summed E-state index contributed by atoms with van der Waals surface area (Å²) in [7, 11) is 1.47. The van der Waals surface area contributed by atoms with Crippen molar-refractivity contribution in [3.05, 3.63) is 0 Å². The minimum atomic E-state index is -1.05. The van der Waals surface area contributed by atoms with Gasteiger partial charge in [0.25, 0.3) is 0 Å². The second kappa shape index (κ2) is 5.84. The fourth-order valence-corrected chi connectivity index (χ4v) is 2.16.